The maximum absolute atomic E-state index is 11.6. The molecule has 0 aliphatic rings. The number of carbonyl (C=O) groups is 3. The molecule has 0 aliphatic carbocycles. The van der Waals surface area contributed by atoms with Crippen molar-refractivity contribution < 1.29 is 24.6 Å². The molecular formula is C20H13N3O5-2. The molecular weight excluding hydrogens is 362 g/mol. The van der Waals surface area contributed by atoms with Gasteiger partial charge in [-0.15, -0.1) is 0 Å². The van der Waals surface area contributed by atoms with Crippen molar-refractivity contribution in [3.8, 4) is 16.9 Å². The fourth-order valence-electron chi connectivity index (χ4n) is 2.49. The van der Waals surface area contributed by atoms with E-state index in [0.29, 0.717) is 23.0 Å². The van der Waals surface area contributed by atoms with Gasteiger partial charge in [-0.2, -0.15) is 5.10 Å². The third kappa shape index (κ3) is 4.31. The van der Waals surface area contributed by atoms with Crippen molar-refractivity contribution in [1.82, 2.24) is 9.78 Å². The largest absolute Gasteiger partial charge is 0.545 e. The van der Waals surface area contributed by atoms with Crippen molar-refractivity contribution >= 4 is 23.5 Å². The standard InChI is InChI=1S/C20H15N3O5/c24-17(10-11-18(25)26)21-14-8-6-13(7-9-14)19-16(20(27)28)12-23(22-19)15-4-2-1-3-5-15/h1-12H,(H,21,24)(H,25,26)(H,27,28)/p-2/b11-10+. The third-order valence-electron chi connectivity index (χ3n) is 3.75. The molecule has 8 heteroatoms. The minimum atomic E-state index is -1.48. The number of anilines is 1. The Bertz CT molecular complexity index is 1050. The Morgan fingerprint density at radius 3 is 2.21 bits per heavy atom. The van der Waals surface area contributed by atoms with E-state index in [-0.39, 0.29) is 11.3 Å². The number of aromatic nitrogens is 2. The molecule has 1 amide bonds. The number of carboxylic acid groups (broad SMARTS) is 2. The zero-order chi connectivity index (χ0) is 20.1. The van der Waals surface area contributed by atoms with Crippen LogP contribution >= 0.6 is 0 Å². The Morgan fingerprint density at radius 1 is 0.929 bits per heavy atom. The van der Waals surface area contributed by atoms with E-state index in [4.69, 9.17) is 0 Å². The SMILES string of the molecule is O=C([O-])/C=C/C(=O)Nc1ccc(-c2nn(-c3ccccc3)cc2C(=O)[O-])cc1. The van der Waals surface area contributed by atoms with Crippen LogP contribution in [-0.2, 0) is 9.59 Å². The van der Waals surface area contributed by atoms with Gasteiger partial charge in [0.2, 0.25) is 5.91 Å². The van der Waals surface area contributed by atoms with Gasteiger partial charge in [0, 0.05) is 29.1 Å². The van der Waals surface area contributed by atoms with Crippen LogP contribution in [0.5, 0.6) is 0 Å². The van der Waals surface area contributed by atoms with E-state index < -0.39 is 17.8 Å². The first-order chi connectivity index (χ1) is 13.4. The molecule has 0 fully saturated rings. The van der Waals surface area contributed by atoms with Crippen LogP contribution in [-0.4, -0.2) is 27.6 Å². The molecule has 1 N–H and O–H groups in total. The molecule has 0 saturated heterocycles. The summed E-state index contributed by atoms with van der Waals surface area (Å²) in [4.78, 5) is 33.4. The van der Waals surface area contributed by atoms with Crippen molar-refractivity contribution in [1.29, 1.82) is 0 Å². The number of amides is 1. The predicted octanol–water partition coefficient (Wildman–Crippen LogP) is 0.147. The lowest BCUT2D eigenvalue weighted by Crippen LogP contribution is -2.22. The van der Waals surface area contributed by atoms with Crippen molar-refractivity contribution in [2.75, 3.05) is 5.32 Å². The Hall–Kier alpha value is -4.20. The van der Waals surface area contributed by atoms with Crippen molar-refractivity contribution in [2.24, 2.45) is 0 Å². The van der Waals surface area contributed by atoms with E-state index >= 15 is 0 Å². The summed E-state index contributed by atoms with van der Waals surface area (Å²) < 4.78 is 1.45. The van der Waals surface area contributed by atoms with Gasteiger partial charge in [-0.25, -0.2) is 4.68 Å². The predicted molar refractivity (Wildman–Crippen MR) is 96.1 cm³/mol. The van der Waals surface area contributed by atoms with E-state index in [2.05, 4.69) is 10.4 Å². The van der Waals surface area contributed by atoms with Gasteiger partial charge in [-0.05, 0) is 30.3 Å². The molecule has 1 heterocycles. The highest BCUT2D eigenvalue weighted by atomic mass is 16.4. The van der Waals surface area contributed by atoms with Gasteiger partial charge in [0.1, 0.15) is 5.69 Å². The Balaban J connectivity index is 1.87. The van der Waals surface area contributed by atoms with Gasteiger partial charge in [-0.1, -0.05) is 30.3 Å². The summed E-state index contributed by atoms with van der Waals surface area (Å²) in [5.41, 5.74) is 1.75. The van der Waals surface area contributed by atoms with Crippen LogP contribution < -0.4 is 15.5 Å². The molecule has 3 rings (SSSR count). The second-order valence-corrected chi connectivity index (χ2v) is 5.68. The smallest absolute Gasteiger partial charge is 0.248 e. The van der Waals surface area contributed by atoms with E-state index in [1.54, 1.807) is 36.4 Å². The highest BCUT2D eigenvalue weighted by Crippen LogP contribution is 2.25. The van der Waals surface area contributed by atoms with E-state index in [1.807, 2.05) is 18.2 Å². The second kappa shape index (κ2) is 8.00. The number of rotatable bonds is 6. The number of carboxylic acids is 2. The maximum Gasteiger partial charge on any atom is 0.248 e. The number of nitrogens with one attached hydrogen (secondary N) is 1. The minimum absolute atomic E-state index is 0.0717. The summed E-state index contributed by atoms with van der Waals surface area (Å²) >= 11 is 0. The number of hydrogen-bond acceptors (Lipinski definition) is 6. The van der Waals surface area contributed by atoms with Crippen LogP contribution in [0, 0.1) is 0 Å². The zero-order valence-electron chi connectivity index (χ0n) is 14.4. The fraction of sp³-hybridized carbons (Fsp3) is 0. The molecule has 0 spiro atoms. The fourth-order valence-corrected chi connectivity index (χ4v) is 2.49. The monoisotopic (exact) mass is 375 g/mol. The average Bonchev–Trinajstić information content (AvgIpc) is 3.13. The van der Waals surface area contributed by atoms with Gasteiger partial charge >= 0.3 is 0 Å². The van der Waals surface area contributed by atoms with Crippen molar-refractivity contribution in [2.45, 2.75) is 0 Å². The average molecular weight is 375 g/mol. The van der Waals surface area contributed by atoms with Crippen LogP contribution in [0.4, 0.5) is 5.69 Å². The molecule has 0 atom stereocenters. The zero-order valence-corrected chi connectivity index (χ0v) is 14.4. The molecule has 8 nitrogen and oxygen atoms in total. The summed E-state index contributed by atoms with van der Waals surface area (Å²) in [6.45, 7) is 0. The lowest BCUT2D eigenvalue weighted by molar-refractivity contribution is -0.297. The van der Waals surface area contributed by atoms with Gasteiger partial charge < -0.3 is 25.1 Å². The number of hydrogen-bond donors (Lipinski definition) is 1. The van der Waals surface area contributed by atoms with Gasteiger partial charge in [-0.3, -0.25) is 4.79 Å². The van der Waals surface area contributed by atoms with Crippen molar-refractivity contribution in [3.05, 3.63) is 78.5 Å². The molecule has 0 bridgehead atoms. The van der Waals surface area contributed by atoms with Crippen LogP contribution in [0.2, 0.25) is 0 Å². The molecule has 28 heavy (non-hydrogen) atoms. The second-order valence-electron chi connectivity index (χ2n) is 5.68. The van der Waals surface area contributed by atoms with E-state index in [9.17, 15) is 24.6 Å². The summed E-state index contributed by atoms with van der Waals surface area (Å²) in [7, 11) is 0. The van der Waals surface area contributed by atoms with Crippen LogP contribution in [0.25, 0.3) is 16.9 Å². The number of aromatic carboxylic acids is 1. The molecule has 0 aliphatic heterocycles. The lowest BCUT2D eigenvalue weighted by Gasteiger charge is -2.06. The highest BCUT2D eigenvalue weighted by molar-refractivity contribution is 6.02. The van der Waals surface area contributed by atoms with E-state index in [1.165, 1.54) is 10.9 Å². The van der Waals surface area contributed by atoms with Gasteiger partial charge in [0.15, 0.2) is 0 Å². The minimum Gasteiger partial charge on any atom is -0.545 e. The Kier molecular flexibility index (Phi) is 5.31. The molecule has 0 saturated carbocycles. The van der Waals surface area contributed by atoms with E-state index in [0.717, 1.165) is 6.08 Å². The van der Waals surface area contributed by atoms with Crippen LogP contribution in [0.15, 0.2) is 72.9 Å². The Labute approximate surface area is 159 Å². The number of aliphatic carboxylic acids is 1. The Morgan fingerprint density at radius 2 is 1.61 bits per heavy atom. The normalized spacial score (nSPS) is 10.7. The van der Waals surface area contributed by atoms with Gasteiger partial charge in [0.05, 0.1) is 17.6 Å². The number of benzene rings is 2. The van der Waals surface area contributed by atoms with Crippen LogP contribution in [0.1, 0.15) is 10.4 Å². The summed E-state index contributed by atoms with van der Waals surface area (Å²) in [6, 6.07) is 15.3. The topological polar surface area (TPSA) is 127 Å². The summed E-state index contributed by atoms with van der Waals surface area (Å²) in [5.74, 6) is -3.47. The molecule has 2 aromatic carbocycles. The first-order valence-electron chi connectivity index (χ1n) is 8.11. The molecule has 140 valence electrons. The third-order valence-corrected chi connectivity index (χ3v) is 3.75. The summed E-state index contributed by atoms with van der Waals surface area (Å²) in [6.07, 6.45) is 2.82. The summed E-state index contributed by atoms with van der Waals surface area (Å²) in [5, 5.41) is 28.6. The van der Waals surface area contributed by atoms with Crippen molar-refractivity contribution in [3.63, 3.8) is 0 Å². The number of carbonyl (C=O) groups excluding carboxylic acids is 3. The maximum atomic E-state index is 11.6. The van der Waals surface area contributed by atoms with Gasteiger partial charge in [0.25, 0.3) is 0 Å². The highest BCUT2D eigenvalue weighted by Gasteiger charge is 2.13. The molecule has 0 unspecified atom stereocenters. The first kappa shape index (κ1) is 18.6. The molecule has 1 aromatic heterocycles. The van der Waals surface area contributed by atoms with Crippen LogP contribution in [0.3, 0.4) is 0 Å². The number of para-hydroxylation sites is 1. The quantitative estimate of drug-likeness (QED) is 0.611. The molecule has 0 radical (unpaired) electrons. The molecule has 3 aromatic rings. The number of nitrogens with zero attached hydrogens (tertiary/aromatic N) is 2. The first-order valence-corrected chi connectivity index (χ1v) is 8.11. The lowest BCUT2D eigenvalue weighted by atomic mass is 10.1.